The molecule has 0 saturated carbocycles. The summed E-state index contributed by atoms with van der Waals surface area (Å²) in [6.45, 7) is 4.58. The molecule has 0 aliphatic rings. The molecule has 2 N–H and O–H groups in total. The van der Waals surface area contributed by atoms with E-state index in [-0.39, 0.29) is 22.0 Å². The number of hydrogen-bond acceptors (Lipinski definition) is 5. The summed E-state index contributed by atoms with van der Waals surface area (Å²) in [6.07, 6.45) is -4.80. The zero-order valence-corrected chi connectivity index (χ0v) is 19.1. The summed E-state index contributed by atoms with van der Waals surface area (Å²) in [4.78, 5) is 28.2. The average molecular weight is 496 g/mol. The summed E-state index contributed by atoms with van der Waals surface area (Å²) in [5, 5.41) is 12.1. The fourth-order valence-electron chi connectivity index (χ4n) is 2.88. The lowest BCUT2D eigenvalue weighted by molar-refractivity contribution is -0.152. The van der Waals surface area contributed by atoms with Gasteiger partial charge in [-0.3, -0.25) is 4.79 Å². The minimum atomic E-state index is -4.80. The Bertz CT molecular complexity index is 1220. The quantitative estimate of drug-likeness (QED) is 0.425. The molecule has 0 bridgehead atoms. The molecular weight excluding hydrogens is 476 g/mol. The van der Waals surface area contributed by atoms with Crippen molar-refractivity contribution < 1.29 is 37.0 Å². The second-order valence-electron chi connectivity index (χ2n) is 7.87. The second-order valence-corrected chi connectivity index (χ2v) is 8.87. The van der Waals surface area contributed by atoms with Gasteiger partial charge in [0, 0.05) is 12.1 Å². The van der Waals surface area contributed by atoms with Gasteiger partial charge in [0.1, 0.15) is 21.5 Å². The van der Waals surface area contributed by atoms with Crippen LogP contribution in [0.25, 0.3) is 10.6 Å². The van der Waals surface area contributed by atoms with E-state index in [0.29, 0.717) is 17.5 Å². The number of aliphatic carboxylic acids is 1. The Kier molecular flexibility index (Phi) is 6.97. The van der Waals surface area contributed by atoms with Crippen LogP contribution in [0.5, 0.6) is 5.75 Å². The average Bonchev–Trinajstić information content (AvgIpc) is 3.13. The van der Waals surface area contributed by atoms with Crippen molar-refractivity contribution in [2.75, 3.05) is 0 Å². The molecule has 0 aliphatic heterocycles. The van der Waals surface area contributed by atoms with Crippen molar-refractivity contribution in [3.8, 4) is 16.3 Å². The van der Waals surface area contributed by atoms with Crippen LogP contribution in [0.4, 0.5) is 17.6 Å². The zero-order chi connectivity index (χ0) is 25.3. The first-order valence-electron chi connectivity index (χ1n) is 9.92. The number of benzene rings is 2. The van der Waals surface area contributed by atoms with Crippen LogP contribution in [0.2, 0.25) is 0 Å². The number of aromatic nitrogens is 1. The molecular formula is C23H20F4N2O4S. The SMILES string of the molecule is Cc1nc(-c2ccc(C(F)(F)F)c(F)c2)sc1C(=O)NCc1ccc(OC(C)(C)C(=O)O)cc1. The van der Waals surface area contributed by atoms with E-state index in [1.165, 1.54) is 13.8 Å². The van der Waals surface area contributed by atoms with E-state index in [1.807, 2.05) is 0 Å². The topological polar surface area (TPSA) is 88.5 Å². The van der Waals surface area contributed by atoms with E-state index < -0.39 is 35.0 Å². The molecule has 1 aromatic heterocycles. The van der Waals surface area contributed by atoms with Gasteiger partial charge in [0.25, 0.3) is 5.91 Å². The van der Waals surface area contributed by atoms with Gasteiger partial charge in [-0.1, -0.05) is 18.2 Å². The van der Waals surface area contributed by atoms with Gasteiger partial charge in [0.2, 0.25) is 0 Å². The van der Waals surface area contributed by atoms with Crippen molar-refractivity contribution in [1.29, 1.82) is 0 Å². The van der Waals surface area contributed by atoms with Gasteiger partial charge < -0.3 is 15.2 Å². The smallest absolute Gasteiger partial charge is 0.419 e. The molecule has 0 atom stereocenters. The molecule has 34 heavy (non-hydrogen) atoms. The molecule has 0 unspecified atom stereocenters. The van der Waals surface area contributed by atoms with Crippen LogP contribution in [-0.2, 0) is 17.5 Å². The van der Waals surface area contributed by atoms with Crippen molar-refractivity contribution >= 4 is 23.2 Å². The van der Waals surface area contributed by atoms with Crippen LogP contribution in [0.3, 0.4) is 0 Å². The van der Waals surface area contributed by atoms with Crippen molar-refractivity contribution in [3.05, 3.63) is 70.0 Å². The summed E-state index contributed by atoms with van der Waals surface area (Å²) in [5.41, 5.74) is -1.55. The van der Waals surface area contributed by atoms with E-state index in [9.17, 15) is 27.2 Å². The third-order valence-corrected chi connectivity index (χ3v) is 5.99. The molecule has 3 aromatic rings. The number of nitrogens with zero attached hydrogens (tertiary/aromatic N) is 1. The number of carbonyl (C=O) groups excluding carboxylic acids is 1. The van der Waals surface area contributed by atoms with Crippen molar-refractivity contribution in [2.24, 2.45) is 0 Å². The molecule has 11 heteroatoms. The number of halogens is 4. The summed E-state index contributed by atoms with van der Waals surface area (Å²) in [7, 11) is 0. The van der Waals surface area contributed by atoms with E-state index in [0.717, 1.165) is 29.0 Å². The van der Waals surface area contributed by atoms with Gasteiger partial charge in [-0.25, -0.2) is 14.2 Å². The number of amides is 1. The standard InChI is InChI=1S/C23H20F4N2O4S/c1-12-18(34-20(29-12)14-6-9-16(17(24)10-14)23(25,26)27)19(30)28-11-13-4-7-15(8-5-13)33-22(2,3)21(31)32/h4-10H,11H2,1-3H3,(H,28,30)(H,31,32). The Hall–Kier alpha value is -3.47. The molecule has 6 nitrogen and oxygen atoms in total. The largest absolute Gasteiger partial charge is 0.478 e. The highest BCUT2D eigenvalue weighted by Gasteiger charge is 2.34. The normalized spacial score (nSPS) is 11.9. The van der Waals surface area contributed by atoms with Gasteiger partial charge >= 0.3 is 12.1 Å². The summed E-state index contributed by atoms with van der Waals surface area (Å²) in [5.74, 6) is -2.61. The molecule has 1 amide bonds. The van der Waals surface area contributed by atoms with Gasteiger partial charge in [0.15, 0.2) is 5.60 Å². The first-order valence-corrected chi connectivity index (χ1v) is 10.7. The van der Waals surface area contributed by atoms with Crippen LogP contribution in [0.15, 0.2) is 42.5 Å². The second kappa shape index (κ2) is 9.41. The maximum absolute atomic E-state index is 13.9. The van der Waals surface area contributed by atoms with Crippen LogP contribution in [0.1, 0.15) is 40.3 Å². The number of alkyl halides is 3. The van der Waals surface area contributed by atoms with Crippen LogP contribution in [0, 0.1) is 12.7 Å². The zero-order valence-electron chi connectivity index (χ0n) is 18.3. The summed E-state index contributed by atoms with van der Waals surface area (Å²) in [6, 6.07) is 9.01. The first-order chi connectivity index (χ1) is 15.8. The van der Waals surface area contributed by atoms with Crippen LogP contribution >= 0.6 is 11.3 Å². The lowest BCUT2D eigenvalue weighted by Gasteiger charge is -2.21. The number of rotatable bonds is 7. The maximum Gasteiger partial charge on any atom is 0.419 e. The minimum absolute atomic E-state index is 0.137. The fourth-order valence-corrected chi connectivity index (χ4v) is 3.86. The van der Waals surface area contributed by atoms with Crippen molar-refractivity contribution in [3.63, 3.8) is 0 Å². The Morgan fingerprint density at radius 1 is 1.12 bits per heavy atom. The third-order valence-electron chi connectivity index (χ3n) is 4.79. The highest BCUT2D eigenvalue weighted by atomic mass is 32.1. The first kappa shape index (κ1) is 25.2. The predicted molar refractivity (Wildman–Crippen MR) is 117 cm³/mol. The third kappa shape index (κ3) is 5.71. The number of thiazole rings is 1. The van der Waals surface area contributed by atoms with Gasteiger partial charge in [-0.15, -0.1) is 11.3 Å². The van der Waals surface area contributed by atoms with Crippen LogP contribution in [-0.4, -0.2) is 27.6 Å². The number of carboxylic acid groups (broad SMARTS) is 1. The van der Waals surface area contributed by atoms with Crippen molar-refractivity contribution in [1.82, 2.24) is 10.3 Å². The number of aryl methyl sites for hydroxylation is 1. The molecule has 0 aliphatic carbocycles. The molecule has 3 rings (SSSR count). The number of hydrogen-bond donors (Lipinski definition) is 2. The van der Waals surface area contributed by atoms with E-state index in [2.05, 4.69) is 10.3 Å². The number of ether oxygens (including phenoxy) is 1. The number of carboxylic acids is 1. The van der Waals surface area contributed by atoms with E-state index in [4.69, 9.17) is 9.84 Å². The fraction of sp³-hybridized carbons (Fsp3) is 0.261. The maximum atomic E-state index is 13.9. The molecule has 0 saturated heterocycles. The molecule has 2 aromatic carbocycles. The minimum Gasteiger partial charge on any atom is -0.478 e. The molecule has 0 radical (unpaired) electrons. The molecule has 0 spiro atoms. The van der Waals surface area contributed by atoms with Crippen molar-refractivity contribution in [2.45, 2.75) is 39.1 Å². The highest BCUT2D eigenvalue weighted by Crippen LogP contribution is 2.35. The van der Waals surface area contributed by atoms with Gasteiger partial charge in [-0.05, 0) is 50.6 Å². The number of carbonyl (C=O) groups is 2. The van der Waals surface area contributed by atoms with Gasteiger partial charge in [-0.2, -0.15) is 13.2 Å². The van der Waals surface area contributed by atoms with Gasteiger partial charge in [0.05, 0.1) is 11.3 Å². The summed E-state index contributed by atoms with van der Waals surface area (Å²) >= 11 is 0.943. The lowest BCUT2D eigenvalue weighted by Crippen LogP contribution is -2.37. The molecule has 0 fully saturated rings. The molecule has 180 valence electrons. The number of nitrogens with one attached hydrogen (secondary N) is 1. The predicted octanol–water partition coefficient (Wildman–Crippen LogP) is 5.45. The van der Waals surface area contributed by atoms with E-state index in [1.54, 1.807) is 31.2 Å². The Labute approximate surface area is 196 Å². The monoisotopic (exact) mass is 496 g/mol. The van der Waals surface area contributed by atoms with E-state index >= 15 is 0 Å². The van der Waals surface area contributed by atoms with Crippen LogP contribution < -0.4 is 10.1 Å². The lowest BCUT2D eigenvalue weighted by atomic mass is 10.1. The Balaban J connectivity index is 1.68. The molecule has 1 heterocycles. The summed E-state index contributed by atoms with van der Waals surface area (Å²) < 4.78 is 57.6. The highest BCUT2D eigenvalue weighted by molar-refractivity contribution is 7.17. The Morgan fingerprint density at radius 2 is 1.76 bits per heavy atom. The Morgan fingerprint density at radius 3 is 2.32 bits per heavy atom.